The molecule has 0 saturated carbocycles. The van der Waals surface area contributed by atoms with Crippen LogP contribution in [0.5, 0.6) is 0 Å². The Labute approximate surface area is 101 Å². The number of nitro benzene ring substituents is 1. The van der Waals surface area contributed by atoms with E-state index in [2.05, 4.69) is 5.32 Å². The summed E-state index contributed by atoms with van der Waals surface area (Å²) in [5, 5.41) is 13.4. The topological polar surface area (TPSA) is 119 Å². The van der Waals surface area contributed by atoms with Crippen molar-refractivity contribution in [1.29, 1.82) is 0 Å². The number of carbonyl (C=O) groups is 2. The normalized spacial score (nSPS) is 23.1. The highest BCUT2D eigenvalue weighted by molar-refractivity contribution is 6.06. The van der Waals surface area contributed by atoms with E-state index in [4.69, 9.17) is 5.84 Å². The molecule has 1 heterocycles. The van der Waals surface area contributed by atoms with Gasteiger partial charge in [0.15, 0.2) is 0 Å². The van der Waals surface area contributed by atoms with E-state index >= 15 is 0 Å². The number of hydrogen-bond acceptors (Lipinski definition) is 5. The van der Waals surface area contributed by atoms with E-state index in [1.165, 1.54) is 31.2 Å². The number of benzene rings is 1. The van der Waals surface area contributed by atoms with Crippen molar-refractivity contribution in [3.8, 4) is 0 Å². The largest absolute Gasteiger partial charge is 0.339 e. The van der Waals surface area contributed by atoms with Gasteiger partial charge in [-0.05, 0) is 24.6 Å². The molecule has 1 aliphatic rings. The van der Waals surface area contributed by atoms with Crippen molar-refractivity contribution < 1.29 is 14.5 Å². The second-order valence-corrected chi connectivity index (χ2v) is 4.03. The van der Waals surface area contributed by atoms with Gasteiger partial charge in [0.05, 0.1) is 4.92 Å². The molecule has 1 saturated heterocycles. The highest BCUT2D eigenvalue weighted by Gasteiger charge is 2.48. The lowest BCUT2D eigenvalue weighted by Crippen LogP contribution is -2.42. The van der Waals surface area contributed by atoms with E-state index in [0.29, 0.717) is 10.6 Å². The average molecular weight is 250 g/mol. The minimum Gasteiger partial charge on any atom is -0.318 e. The van der Waals surface area contributed by atoms with Crippen molar-refractivity contribution in [3.05, 3.63) is 39.9 Å². The van der Waals surface area contributed by atoms with Crippen molar-refractivity contribution in [3.63, 3.8) is 0 Å². The van der Waals surface area contributed by atoms with Gasteiger partial charge < -0.3 is 5.32 Å². The Morgan fingerprint density at radius 2 is 1.89 bits per heavy atom. The maximum atomic E-state index is 11.8. The molecule has 1 aliphatic heterocycles. The number of nitrogens with zero attached hydrogens (tertiary/aromatic N) is 2. The number of hydrazine groups is 1. The number of rotatable bonds is 2. The molecule has 1 fully saturated rings. The van der Waals surface area contributed by atoms with Gasteiger partial charge in [-0.25, -0.2) is 10.6 Å². The standard InChI is InChI=1S/C10H10N4O4/c1-10(8(15)13(11)9(16)12-10)6-2-4-7(5-3-6)14(17)18/h2-5H,11H2,1H3,(H,12,16)/t10-/m0/s1. The van der Waals surface area contributed by atoms with Crippen molar-refractivity contribution in [1.82, 2.24) is 10.3 Å². The number of amides is 3. The zero-order valence-corrected chi connectivity index (χ0v) is 9.41. The van der Waals surface area contributed by atoms with Crippen molar-refractivity contribution in [2.24, 2.45) is 5.84 Å². The number of nitro groups is 1. The van der Waals surface area contributed by atoms with E-state index in [1.54, 1.807) is 0 Å². The van der Waals surface area contributed by atoms with Gasteiger partial charge >= 0.3 is 6.03 Å². The summed E-state index contributed by atoms with van der Waals surface area (Å²) in [6.07, 6.45) is 0. The number of nitrogens with two attached hydrogens (primary N) is 1. The molecule has 18 heavy (non-hydrogen) atoms. The van der Waals surface area contributed by atoms with Crippen LogP contribution in [-0.2, 0) is 10.3 Å². The Balaban J connectivity index is 2.40. The Kier molecular flexibility index (Phi) is 2.51. The summed E-state index contributed by atoms with van der Waals surface area (Å²) in [6, 6.07) is 4.64. The zero-order valence-electron chi connectivity index (χ0n) is 9.41. The Bertz CT molecular complexity index is 541. The van der Waals surface area contributed by atoms with E-state index in [0.717, 1.165) is 0 Å². The molecule has 0 aromatic heterocycles. The van der Waals surface area contributed by atoms with Crippen LogP contribution in [0.15, 0.2) is 24.3 Å². The smallest absolute Gasteiger partial charge is 0.318 e. The molecule has 8 heteroatoms. The third kappa shape index (κ3) is 1.59. The number of carbonyl (C=O) groups excluding carboxylic acids is 2. The maximum absolute atomic E-state index is 11.8. The third-order valence-electron chi connectivity index (χ3n) is 2.88. The lowest BCUT2D eigenvalue weighted by Gasteiger charge is -2.20. The molecule has 3 N–H and O–H groups in total. The summed E-state index contributed by atoms with van der Waals surface area (Å²) in [4.78, 5) is 33.1. The van der Waals surface area contributed by atoms with Crippen LogP contribution in [0, 0.1) is 10.1 Å². The summed E-state index contributed by atoms with van der Waals surface area (Å²) < 4.78 is 0. The first-order valence-electron chi connectivity index (χ1n) is 5.02. The van der Waals surface area contributed by atoms with E-state index in [-0.39, 0.29) is 5.69 Å². The minimum absolute atomic E-state index is 0.0938. The molecule has 2 rings (SSSR count). The van der Waals surface area contributed by atoms with Gasteiger partial charge in [0, 0.05) is 12.1 Å². The maximum Gasteiger partial charge on any atom is 0.339 e. The predicted octanol–water partition coefficient (Wildman–Crippen LogP) is 0.235. The first-order valence-corrected chi connectivity index (χ1v) is 5.02. The van der Waals surface area contributed by atoms with E-state index < -0.39 is 22.4 Å². The van der Waals surface area contributed by atoms with Crippen LogP contribution in [-0.4, -0.2) is 21.9 Å². The average Bonchev–Trinajstić information content (AvgIpc) is 2.54. The lowest BCUT2D eigenvalue weighted by atomic mass is 9.92. The van der Waals surface area contributed by atoms with Crippen LogP contribution in [0.3, 0.4) is 0 Å². The molecule has 94 valence electrons. The molecule has 3 amide bonds. The minimum atomic E-state index is -1.29. The Hall–Kier alpha value is -2.48. The fraction of sp³-hybridized carbons (Fsp3) is 0.200. The van der Waals surface area contributed by atoms with Crippen LogP contribution in [0.4, 0.5) is 10.5 Å². The zero-order chi connectivity index (χ0) is 13.5. The molecule has 0 radical (unpaired) electrons. The Morgan fingerprint density at radius 1 is 1.33 bits per heavy atom. The van der Waals surface area contributed by atoms with Crippen LogP contribution < -0.4 is 11.2 Å². The number of nitrogens with one attached hydrogen (secondary N) is 1. The summed E-state index contributed by atoms with van der Waals surface area (Å²) in [5.41, 5.74) is -0.954. The summed E-state index contributed by atoms with van der Waals surface area (Å²) >= 11 is 0. The molecule has 1 aromatic rings. The SMILES string of the molecule is C[C@@]1(c2ccc([N+](=O)[O-])cc2)NC(=O)N(N)C1=O. The molecular formula is C10H10N4O4. The summed E-state index contributed by atoms with van der Waals surface area (Å²) in [6.45, 7) is 1.49. The predicted molar refractivity (Wildman–Crippen MR) is 60.0 cm³/mol. The second-order valence-electron chi connectivity index (χ2n) is 4.03. The Morgan fingerprint density at radius 3 is 2.28 bits per heavy atom. The number of imide groups is 1. The van der Waals surface area contributed by atoms with Gasteiger partial charge in [0.2, 0.25) is 0 Å². The highest BCUT2D eigenvalue weighted by atomic mass is 16.6. The lowest BCUT2D eigenvalue weighted by molar-refractivity contribution is -0.384. The molecular weight excluding hydrogens is 240 g/mol. The summed E-state index contributed by atoms with van der Waals surface area (Å²) in [7, 11) is 0. The quantitative estimate of drug-likeness (QED) is 0.256. The second kappa shape index (κ2) is 3.77. The van der Waals surface area contributed by atoms with Gasteiger partial charge in [0.25, 0.3) is 11.6 Å². The van der Waals surface area contributed by atoms with Crippen molar-refractivity contribution in [2.45, 2.75) is 12.5 Å². The molecule has 8 nitrogen and oxygen atoms in total. The highest BCUT2D eigenvalue weighted by Crippen LogP contribution is 2.28. The van der Waals surface area contributed by atoms with Crippen LogP contribution in [0.2, 0.25) is 0 Å². The van der Waals surface area contributed by atoms with E-state index in [1.807, 2.05) is 0 Å². The van der Waals surface area contributed by atoms with Gasteiger partial charge in [-0.2, -0.15) is 5.01 Å². The summed E-state index contributed by atoms with van der Waals surface area (Å²) in [5.74, 6) is 4.67. The van der Waals surface area contributed by atoms with Crippen molar-refractivity contribution in [2.75, 3.05) is 0 Å². The monoisotopic (exact) mass is 250 g/mol. The van der Waals surface area contributed by atoms with Crippen molar-refractivity contribution >= 4 is 17.6 Å². The first kappa shape index (κ1) is 12.0. The molecule has 0 bridgehead atoms. The number of urea groups is 1. The van der Waals surface area contributed by atoms with Crippen LogP contribution in [0.25, 0.3) is 0 Å². The van der Waals surface area contributed by atoms with Gasteiger partial charge in [-0.1, -0.05) is 0 Å². The molecule has 1 atom stereocenters. The van der Waals surface area contributed by atoms with Gasteiger partial charge in [-0.3, -0.25) is 14.9 Å². The number of hydrogen-bond donors (Lipinski definition) is 2. The van der Waals surface area contributed by atoms with Gasteiger partial charge in [0.1, 0.15) is 5.54 Å². The first-order chi connectivity index (χ1) is 8.36. The van der Waals surface area contributed by atoms with E-state index in [9.17, 15) is 19.7 Å². The molecule has 1 aromatic carbocycles. The fourth-order valence-electron chi connectivity index (χ4n) is 1.77. The fourth-order valence-corrected chi connectivity index (χ4v) is 1.77. The third-order valence-corrected chi connectivity index (χ3v) is 2.88. The molecule has 0 spiro atoms. The molecule has 0 unspecified atom stereocenters. The number of non-ortho nitro benzene ring substituents is 1. The molecule has 0 aliphatic carbocycles. The van der Waals surface area contributed by atoms with Crippen LogP contribution in [0.1, 0.15) is 12.5 Å². The van der Waals surface area contributed by atoms with Gasteiger partial charge in [-0.15, -0.1) is 0 Å². The van der Waals surface area contributed by atoms with Crippen LogP contribution >= 0.6 is 0 Å².